The fraction of sp³-hybridized carbons (Fsp3) is 0.562. The summed E-state index contributed by atoms with van der Waals surface area (Å²) in [5, 5.41) is 3.42. The minimum atomic E-state index is -0.00509. The molecule has 2 rings (SSSR count). The van der Waals surface area contributed by atoms with Crippen LogP contribution in [0.15, 0.2) is 18.2 Å². The van der Waals surface area contributed by atoms with Gasteiger partial charge < -0.3 is 20.9 Å². The van der Waals surface area contributed by atoms with Gasteiger partial charge in [0.1, 0.15) is 0 Å². The molecule has 0 aromatic heterocycles. The number of carbonyl (C=O) groups excluding carboxylic acids is 1. The molecule has 0 aliphatic carbocycles. The summed E-state index contributed by atoms with van der Waals surface area (Å²) >= 11 is 0. The van der Waals surface area contributed by atoms with Gasteiger partial charge in [-0.15, -0.1) is 0 Å². The third-order valence-electron chi connectivity index (χ3n) is 4.13. The molecule has 1 aromatic carbocycles. The van der Waals surface area contributed by atoms with E-state index in [0.29, 0.717) is 17.3 Å². The molecule has 3 N–H and O–H groups in total. The van der Waals surface area contributed by atoms with E-state index in [1.807, 2.05) is 6.07 Å². The van der Waals surface area contributed by atoms with Gasteiger partial charge in [-0.25, -0.2) is 0 Å². The summed E-state index contributed by atoms with van der Waals surface area (Å²) in [4.78, 5) is 16.2. The highest BCUT2D eigenvalue weighted by atomic mass is 16.2. The molecule has 0 saturated carbocycles. The molecule has 1 heterocycles. The lowest BCUT2D eigenvalue weighted by Gasteiger charge is -2.33. The molecule has 116 valence electrons. The van der Waals surface area contributed by atoms with Crippen LogP contribution in [0, 0.1) is 0 Å². The Kier molecular flexibility index (Phi) is 5.07. The van der Waals surface area contributed by atoms with Crippen LogP contribution >= 0.6 is 0 Å². The van der Waals surface area contributed by atoms with Crippen LogP contribution < -0.4 is 11.1 Å². The number of benzene rings is 1. The van der Waals surface area contributed by atoms with E-state index in [0.717, 1.165) is 18.8 Å². The van der Waals surface area contributed by atoms with Crippen LogP contribution in [-0.4, -0.2) is 56.0 Å². The van der Waals surface area contributed by atoms with E-state index in [1.165, 1.54) is 19.3 Å². The van der Waals surface area contributed by atoms with Crippen molar-refractivity contribution in [3.8, 4) is 0 Å². The van der Waals surface area contributed by atoms with Gasteiger partial charge in [-0.3, -0.25) is 4.79 Å². The van der Waals surface area contributed by atoms with Gasteiger partial charge in [0.05, 0.1) is 5.56 Å². The van der Waals surface area contributed by atoms with Crippen LogP contribution in [0.5, 0.6) is 0 Å². The standard InChI is InChI=1S/C16H26N4O/c1-19(2)16(21)14-8-7-12(17)10-15(14)18-11-13-6-4-5-9-20(13)3/h7-8,10,13,18H,4-6,9,11,17H2,1-3H3. The lowest BCUT2D eigenvalue weighted by atomic mass is 10.0. The number of carbonyl (C=O) groups is 1. The van der Waals surface area contributed by atoms with Gasteiger partial charge in [-0.05, 0) is 44.6 Å². The molecule has 5 nitrogen and oxygen atoms in total. The number of hydrogen-bond acceptors (Lipinski definition) is 4. The fourth-order valence-electron chi connectivity index (χ4n) is 2.77. The Morgan fingerprint density at radius 1 is 1.43 bits per heavy atom. The molecule has 1 saturated heterocycles. The van der Waals surface area contributed by atoms with Crippen LogP contribution in [0.25, 0.3) is 0 Å². The largest absolute Gasteiger partial charge is 0.399 e. The molecule has 0 bridgehead atoms. The van der Waals surface area contributed by atoms with Crippen molar-refractivity contribution in [1.29, 1.82) is 0 Å². The smallest absolute Gasteiger partial charge is 0.255 e. The molecular formula is C16H26N4O. The first-order valence-electron chi connectivity index (χ1n) is 7.54. The molecule has 1 aliphatic rings. The van der Waals surface area contributed by atoms with E-state index >= 15 is 0 Å². The zero-order valence-corrected chi connectivity index (χ0v) is 13.2. The number of likely N-dealkylation sites (N-methyl/N-ethyl adjacent to an activating group) is 1. The normalized spacial score (nSPS) is 19.3. The number of hydrogen-bond donors (Lipinski definition) is 2. The lowest BCUT2D eigenvalue weighted by molar-refractivity contribution is 0.0828. The van der Waals surface area contributed by atoms with Crippen molar-refractivity contribution in [2.75, 3.05) is 45.3 Å². The summed E-state index contributed by atoms with van der Waals surface area (Å²) in [6.07, 6.45) is 3.75. The van der Waals surface area contributed by atoms with Gasteiger partial charge in [-0.1, -0.05) is 6.42 Å². The maximum atomic E-state index is 12.2. The van der Waals surface area contributed by atoms with Crippen LogP contribution in [0.3, 0.4) is 0 Å². The van der Waals surface area contributed by atoms with Gasteiger partial charge in [0.15, 0.2) is 0 Å². The van der Waals surface area contributed by atoms with Gasteiger partial charge in [0.25, 0.3) is 5.91 Å². The highest BCUT2D eigenvalue weighted by Gasteiger charge is 2.20. The summed E-state index contributed by atoms with van der Waals surface area (Å²) in [5.41, 5.74) is 8.04. The number of likely N-dealkylation sites (tertiary alicyclic amines) is 1. The van der Waals surface area contributed by atoms with Crippen molar-refractivity contribution < 1.29 is 4.79 Å². The second kappa shape index (κ2) is 6.80. The molecule has 1 atom stereocenters. The molecule has 1 aromatic rings. The van der Waals surface area contributed by atoms with Crippen LogP contribution in [0.2, 0.25) is 0 Å². The number of piperidine rings is 1. The van der Waals surface area contributed by atoms with Crippen molar-refractivity contribution in [2.45, 2.75) is 25.3 Å². The molecule has 5 heteroatoms. The van der Waals surface area contributed by atoms with E-state index in [-0.39, 0.29) is 5.91 Å². The average Bonchev–Trinajstić information content (AvgIpc) is 2.46. The number of nitrogens with two attached hydrogens (primary N) is 1. The average molecular weight is 290 g/mol. The molecule has 0 spiro atoms. The Bertz CT molecular complexity index is 501. The highest BCUT2D eigenvalue weighted by molar-refractivity contribution is 6.00. The zero-order valence-electron chi connectivity index (χ0n) is 13.2. The highest BCUT2D eigenvalue weighted by Crippen LogP contribution is 2.22. The summed E-state index contributed by atoms with van der Waals surface area (Å²) in [7, 11) is 5.69. The summed E-state index contributed by atoms with van der Waals surface area (Å²) in [6, 6.07) is 5.93. The first-order valence-corrected chi connectivity index (χ1v) is 7.54. The summed E-state index contributed by atoms with van der Waals surface area (Å²) in [6.45, 7) is 1.99. The fourth-order valence-corrected chi connectivity index (χ4v) is 2.77. The number of nitrogens with zero attached hydrogens (tertiary/aromatic N) is 2. The topological polar surface area (TPSA) is 61.6 Å². The van der Waals surface area contributed by atoms with Crippen LogP contribution in [0.1, 0.15) is 29.6 Å². The Morgan fingerprint density at radius 3 is 2.86 bits per heavy atom. The van der Waals surface area contributed by atoms with Crippen molar-refractivity contribution in [3.05, 3.63) is 23.8 Å². The van der Waals surface area contributed by atoms with E-state index in [9.17, 15) is 4.79 Å². The van der Waals surface area contributed by atoms with E-state index in [4.69, 9.17) is 5.73 Å². The number of nitrogen functional groups attached to an aromatic ring is 1. The van der Waals surface area contributed by atoms with Gasteiger partial charge in [0, 0.05) is 38.1 Å². The Hall–Kier alpha value is -1.75. The number of amides is 1. The SMILES string of the molecule is CN(C)C(=O)c1ccc(N)cc1NCC1CCCCN1C. The molecule has 1 amide bonds. The van der Waals surface area contributed by atoms with Crippen molar-refractivity contribution >= 4 is 17.3 Å². The predicted molar refractivity (Wildman–Crippen MR) is 87.6 cm³/mol. The molecular weight excluding hydrogens is 264 g/mol. The van der Waals surface area contributed by atoms with Crippen LogP contribution in [-0.2, 0) is 0 Å². The first kappa shape index (κ1) is 15.6. The van der Waals surface area contributed by atoms with E-state index in [2.05, 4.69) is 17.3 Å². The van der Waals surface area contributed by atoms with E-state index < -0.39 is 0 Å². The van der Waals surface area contributed by atoms with E-state index in [1.54, 1.807) is 31.1 Å². The first-order chi connectivity index (χ1) is 9.99. The minimum Gasteiger partial charge on any atom is -0.399 e. The number of rotatable bonds is 4. The third-order valence-corrected chi connectivity index (χ3v) is 4.13. The monoisotopic (exact) mass is 290 g/mol. The summed E-state index contributed by atoms with van der Waals surface area (Å²) < 4.78 is 0. The lowest BCUT2D eigenvalue weighted by Crippen LogP contribution is -2.41. The zero-order chi connectivity index (χ0) is 15.4. The third kappa shape index (κ3) is 3.88. The van der Waals surface area contributed by atoms with Crippen molar-refractivity contribution in [3.63, 3.8) is 0 Å². The van der Waals surface area contributed by atoms with Crippen molar-refractivity contribution in [1.82, 2.24) is 9.80 Å². The second-order valence-corrected chi connectivity index (χ2v) is 6.02. The molecule has 0 radical (unpaired) electrons. The Balaban J connectivity index is 2.11. The van der Waals surface area contributed by atoms with Gasteiger partial charge in [0.2, 0.25) is 0 Å². The van der Waals surface area contributed by atoms with Gasteiger partial charge in [-0.2, -0.15) is 0 Å². The molecule has 21 heavy (non-hydrogen) atoms. The maximum Gasteiger partial charge on any atom is 0.255 e. The summed E-state index contributed by atoms with van der Waals surface area (Å²) in [5.74, 6) is -0.00509. The molecule has 1 aliphatic heterocycles. The number of nitrogens with one attached hydrogen (secondary N) is 1. The predicted octanol–water partition coefficient (Wildman–Crippen LogP) is 1.87. The molecule has 1 unspecified atom stereocenters. The minimum absolute atomic E-state index is 0.00509. The quantitative estimate of drug-likeness (QED) is 0.831. The molecule has 1 fully saturated rings. The Labute approximate surface area is 127 Å². The van der Waals surface area contributed by atoms with Crippen LogP contribution in [0.4, 0.5) is 11.4 Å². The van der Waals surface area contributed by atoms with Crippen molar-refractivity contribution in [2.24, 2.45) is 0 Å². The number of anilines is 2. The van der Waals surface area contributed by atoms with Gasteiger partial charge >= 0.3 is 0 Å². The Morgan fingerprint density at radius 2 is 2.19 bits per heavy atom. The maximum absolute atomic E-state index is 12.2. The second-order valence-electron chi connectivity index (χ2n) is 6.02.